The zero-order valence-electron chi connectivity index (χ0n) is 12.5. The van der Waals surface area contributed by atoms with E-state index in [4.69, 9.17) is 4.74 Å². The lowest BCUT2D eigenvalue weighted by atomic mass is 10.1. The number of methoxy groups -OCH3 is 1. The fraction of sp³-hybridized carbons (Fsp3) is 0.118. The van der Waals surface area contributed by atoms with E-state index in [2.05, 4.69) is 15.3 Å². The van der Waals surface area contributed by atoms with Crippen LogP contribution in [0.15, 0.2) is 54.2 Å². The van der Waals surface area contributed by atoms with Crippen molar-refractivity contribution in [3.8, 4) is 17.0 Å². The molecule has 0 aliphatic heterocycles. The van der Waals surface area contributed by atoms with Crippen LogP contribution in [-0.4, -0.2) is 23.0 Å². The van der Waals surface area contributed by atoms with Crippen molar-refractivity contribution in [2.24, 2.45) is 0 Å². The maximum atomic E-state index is 11.9. The third-order valence-corrected chi connectivity index (χ3v) is 4.15. The van der Waals surface area contributed by atoms with Crippen molar-refractivity contribution in [3.63, 3.8) is 0 Å². The lowest BCUT2D eigenvalue weighted by Gasteiger charge is -2.06. The summed E-state index contributed by atoms with van der Waals surface area (Å²) in [7, 11) is 1.63. The van der Waals surface area contributed by atoms with E-state index >= 15 is 0 Å². The molecule has 1 aromatic carbocycles. The minimum Gasteiger partial charge on any atom is -0.497 e. The molecule has 2 heterocycles. The van der Waals surface area contributed by atoms with E-state index < -0.39 is 0 Å². The van der Waals surface area contributed by atoms with E-state index in [1.807, 2.05) is 41.8 Å². The van der Waals surface area contributed by atoms with Gasteiger partial charge in [-0.3, -0.25) is 4.79 Å². The predicted molar refractivity (Wildman–Crippen MR) is 89.5 cm³/mol. The lowest BCUT2D eigenvalue weighted by molar-refractivity contribution is 0.0954. The van der Waals surface area contributed by atoms with Crippen LogP contribution in [0.25, 0.3) is 11.3 Å². The van der Waals surface area contributed by atoms with Gasteiger partial charge in [0.25, 0.3) is 5.91 Å². The van der Waals surface area contributed by atoms with Crippen molar-refractivity contribution >= 4 is 17.2 Å². The first-order valence-electron chi connectivity index (χ1n) is 7.03. The average molecular weight is 325 g/mol. The van der Waals surface area contributed by atoms with Crippen LogP contribution in [0.3, 0.4) is 0 Å². The topological polar surface area (TPSA) is 64.1 Å². The van der Waals surface area contributed by atoms with Gasteiger partial charge in [0.15, 0.2) is 0 Å². The second-order valence-corrected chi connectivity index (χ2v) is 5.73. The molecule has 0 aliphatic rings. The Balaban J connectivity index is 1.70. The molecule has 2 aromatic heterocycles. The Hall–Kier alpha value is -2.73. The van der Waals surface area contributed by atoms with Crippen molar-refractivity contribution in [2.45, 2.75) is 6.54 Å². The van der Waals surface area contributed by atoms with E-state index in [9.17, 15) is 4.79 Å². The minimum atomic E-state index is -0.0930. The molecule has 0 radical (unpaired) electrons. The molecule has 0 saturated heterocycles. The Morgan fingerprint density at radius 1 is 1.22 bits per heavy atom. The molecule has 3 rings (SSSR count). The molecule has 1 N–H and O–H groups in total. The summed E-state index contributed by atoms with van der Waals surface area (Å²) >= 11 is 1.41. The van der Waals surface area contributed by atoms with Gasteiger partial charge >= 0.3 is 0 Å². The van der Waals surface area contributed by atoms with Gasteiger partial charge in [-0.15, -0.1) is 11.3 Å². The second-order valence-electron chi connectivity index (χ2n) is 4.78. The van der Waals surface area contributed by atoms with Crippen LogP contribution in [0.5, 0.6) is 5.75 Å². The summed E-state index contributed by atoms with van der Waals surface area (Å²) in [6.45, 7) is 0.364. The quantitative estimate of drug-likeness (QED) is 0.783. The summed E-state index contributed by atoms with van der Waals surface area (Å²) in [6, 6.07) is 13.2. The molecule has 6 heteroatoms. The zero-order valence-corrected chi connectivity index (χ0v) is 13.3. The number of rotatable bonds is 5. The fourth-order valence-corrected chi connectivity index (χ4v) is 2.72. The highest BCUT2D eigenvalue weighted by molar-refractivity contribution is 7.12. The highest BCUT2D eigenvalue weighted by Crippen LogP contribution is 2.20. The summed E-state index contributed by atoms with van der Waals surface area (Å²) in [5.74, 6) is 0.704. The molecule has 0 atom stereocenters. The molecule has 0 bridgehead atoms. The maximum absolute atomic E-state index is 11.9. The van der Waals surface area contributed by atoms with Gasteiger partial charge in [0.05, 0.1) is 29.9 Å². The molecular weight excluding hydrogens is 310 g/mol. The van der Waals surface area contributed by atoms with Gasteiger partial charge in [0.1, 0.15) is 12.1 Å². The number of nitrogens with zero attached hydrogens (tertiary/aromatic N) is 2. The van der Waals surface area contributed by atoms with Crippen molar-refractivity contribution in [1.29, 1.82) is 0 Å². The summed E-state index contributed by atoms with van der Waals surface area (Å²) in [6.07, 6.45) is 1.51. The monoisotopic (exact) mass is 325 g/mol. The molecule has 0 saturated carbocycles. The van der Waals surface area contributed by atoms with Crippen LogP contribution in [0.4, 0.5) is 0 Å². The van der Waals surface area contributed by atoms with E-state index in [1.165, 1.54) is 17.7 Å². The first-order valence-corrected chi connectivity index (χ1v) is 7.91. The van der Waals surface area contributed by atoms with Gasteiger partial charge in [-0.25, -0.2) is 9.97 Å². The first kappa shape index (κ1) is 15.2. The molecule has 116 valence electrons. The molecule has 5 nitrogen and oxygen atoms in total. The van der Waals surface area contributed by atoms with Crippen molar-refractivity contribution in [2.75, 3.05) is 7.11 Å². The van der Waals surface area contributed by atoms with Gasteiger partial charge in [0, 0.05) is 5.56 Å². The molecular formula is C17H15N3O2S. The number of aromatic nitrogens is 2. The van der Waals surface area contributed by atoms with Crippen LogP contribution < -0.4 is 10.1 Å². The highest BCUT2D eigenvalue weighted by Gasteiger charge is 2.07. The number of hydrogen-bond acceptors (Lipinski definition) is 5. The number of benzene rings is 1. The Morgan fingerprint density at radius 2 is 2.04 bits per heavy atom. The SMILES string of the molecule is COc1ccc(-c2cc(CNC(=O)c3cccs3)ncn2)cc1. The van der Waals surface area contributed by atoms with Gasteiger partial charge < -0.3 is 10.1 Å². The van der Waals surface area contributed by atoms with Crippen LogP contribution in [0.1, 0.15) is 15.4 Å². The number of nitrogens with one attached hydrogen (secondary N) is 1. The van der Waals surface area contributed by atoms with Crippen LogP contribution in [0.2, 0.25) is 0 Å². The van der Waals surface area contributed by atoms with E-state index in [-0.39, 0.29) is 5.91 Å². The number of thiophene rings is 1. The third-order valence-electron chi connectivity index (χ3n) is 3.28. The second kappa shape index (κ2) is 7.02. The maximum Gasteiger partial charge on any atom is 0.261 e. The lowest BCUT2D eigenvalue weighted by Crippen LogP contribution is -2.22. The van der Waals surface area contributed by atoms with Gasteiger partial charge in [-0.2, -0.15) is 0 Å². The average Bonchev–Trinajstić information content (AvgIpc) is 3.15. The number of hydrogen-bond donors (Lipinski definition) is 1. The van der Waals surface area contributed by atoms with Crippen molar-refractivity contribution in [3.05, 3.63) is 64.7 Å². The number of carbonyl (C=O) groups is 1. The Bertz CT molecular complexity index is 786. The fourth-order valence-electron chi connectivity index (χ4n) is 2.08. The Morgan fingerprint density at radius 3 is 2.74 bits per heavy atom. The smallest absolute Gasteiger partial charge is 0.261 e. The Kier molecular flexibility index (Phi) is 4.63. The van der Waals surface area contributed by atoms with E-state index in [1.54, 1.807) is 13.2 Å². The number of ether oxygens (including phenoxy) is 1. The molecule has 1 amide bonds. The largest absolute Gasteiger partial charge is 0.497 e. The van der Waals surface area contributed by atoms with Crippen LogP contribution >= 0.6 is 11.3 Å². The third kappa shape index (κ3) is 3.73. The molecule has 0 unspecified atom stereocenters. The number of carbonyl (C=O) groups excluding carboxylic acids is 1. The van der Waals surface area contributed by atoms with Crippen molar-refractivity contribution in [1.82, 2.24) is 15.3 Å². The summed E-state index contributed by atoms with van der Waals surface area (Å²) in [5, 5.41) is 4.74. The summed E-state index contributed by atoms with van der Waals surface area (Å²) in [4.78, 5) is 21.1. The molecule has 3 aromatic rings. The summed E-state index contributed by atoms with van der Waals surface area (Å²) in [5.41, 5.74) is 2.54. The number of amides is 1. The molecule has 23 heavy (non-hydrogen) atoms. The van der Waals surface area contributed by atoms with Gasteiger partial charge in [-0.05, 0) is 41.8 Å². The van der Waals surface area contributed by atoms with Gasteiger partial charge in [0.2, 0.25) is 0 Å². The van der Waals surface area contributed by atoms with Crippen LogP contribution in [0, 0.1) is 0 Å². The zero-order chi connectivity index (χ0) is 16.1. The van der Waals surface area contributed by atoms with Crippen LogP contribution in [-0.2, 0) is 6.54 Å². The predicted octanol–water partition coefficient (Wildman–Crippen LogP) is 3.14. The highest BCUT2D eigenvalue weighted by atomic mass is 32.1. The normalized spacial score (nSPS) is 10.3. The first-order chi connectivity index (χ1) is 11.3. The minimum absolute atomic E-state index is 0.0930. The Labute approximate surface area is 138 Å². The molecule has 0 spiro atoms. The molecule has 0 aliphatic carbocycles. The van der Waals surface area contributed by atoms with E-state index in [0.717, 1.165) is 22.7 Å². The van der Waals surface area contributed by atoms with E-state index in [0.29, 0.717) is 11.4 Å². The standard InChI is InChI=1S/C17H15N3O2S/c1-22-14-6-4-12(5-7-14)15-9-13(19-11-20-15)10-18-17(21)16-3-2-8-23-16/h2-9,11H,10H2,1H3,(H,18,21). The van der Waals surface area contributed by atoms with Gasteiger partial charge in [-0.1, -0.05) is 6.07 Å². The molecule has 0 fully saturated rings. The summed E-state index contributed by atoms with van der Waals surface area (Å²) < 4.78 is 5.15. The van der Waals surface area contributed by atoms with Crippen molar-refractivity contribution < 1.29 is 9.53 Å².